The minimum absolute atomic E-state index is 0.260. The number of aryl methyl sites for hydroxylation is 1. The van der Waals surface area contributed by atoms with Gasteiger partial charge in [-0.2, -0.15) is 0 Å². The van der Waals surface area contributed by atoms with Gasteiger partial charge in [0.05, 0.1) is 11.7 Å². The molecule has 7 heteroatoms. The number of nitrogens with one attached hydrogen (secondary N) is 1. The number of para-hydroxylation sites is 1. The summed E-state index contributed by atoms with van der Waals surface area (Å²) in [6.45, 7) is 1.79. The zero-order valence-electron chi connectivity index (χ0n) is 11.2. The van der Waals surface area contributed by atoms with Gasteiger partial charge < -0.3 is 4.74 Å². The number of aromatic nitrogens is 1. The third-order valence-corrected chi connectivity index (χ3v) is 2.83. The Kier molecular flexibility index (Phi) is 4.44. The second-order valence-corrected chi connectivity index (χ2v) is 4.39. The van der Waals surface area contributed by atoms with Crippen molar-refractivity contribution in [1.29, 1.82) is 0 Å². The molecule has 3 N–H and O–H groups in total. The van der Waals surface area contributed by atoms with Gasteiger partial charge in [0.1, 0.15) is 5.75 Å². The van der Waals surface area contributed by atoms with E-state index in [2.05, 4.69) is 15.1 Å². The van der Waals surface area contributed by atoms with Crippen LogP contribution in [0.5, 0.6) is 5.75 Å². The lowest BCUT2D eigenvalue weighted by Crippen LogP contribution is -2.30. The van der Waals surface area contributed by atoms with Crippen LogP contribution in [0.25, 0.3) is 0 Å². The molecule has 0 saturated heterocycles. The van der Waals surface area contributed by atoms with Crippen molar-refractivity contribution < 1.29 is 17.9 Å². The van der Waals surface area contributed by atoms with E-state index in [0.717, 1.165) is 5.69 Å². The first-order valence-electron chi connectivity index (χ1n) is 6.15. The molecule has 0 bridgehead atoms. The van der Waals surface area contributed by atoms with Gasteiger partial charge in [-0.15, -0.1) is 13.2 Å². The second kappa shape index (κ2) is 6.11. The van der Waals surface area contributed by atoms with Gasteiger partial charge in [-0.05, 0) is 25.1 Å². The van der Waals surface area contributed by atoms with Crippen molar-refractivity contribution in [2.24, 2.45) is 5.84 Å². The lowest BCUT2D eigenvalue weighted by molar-refractivity contribution is -0.275. The summed E-state index contributed by atoms with van der Waals surface area (Å²) in [6.07, 6.45) is -4.77. The van der Waals surface area contributed by atoms with Crippen molar-refractivity contribution in [3.63, 3.8) is 0 Å². The highest BCUT2D eigenvalue weighted by molar-refractivity contribution is 5.40. The predicted molar refractivity (Wildman–Crippen MR) is 71.3 cm³/mol. The molecule has 0 amide bonds. The molecule has 112 valence electrons. The number of hydrogen-bond donors (Lipinski definition) is 2. The molecule has 4 nitrogen and oxygen atoms in total. The summed E-state index contributed by atoms with van der Waals surface area (Å²) in [5, 5.41) is 0. The fourth-order valence-corrected chi connectivity index (χ4v) is 2.00. The maximum absolute atomic E-state index is 12.5. The van der Waals surface area contributed by atoms with E-state index >= 15 is 0 Å². The van der Waals surface area contributed by atoms with Crippen molar-refractivity contribution in [2.75, 3.05) is 0 Å². The number of pyridine rings is 1. The lowest BCUT2D eigenvalue weighted by atomic mass is 10.0. The summed E-state index contributed by atoms with van der Waals surface area (Å²) in [4.78, 5) is 4.28. The molecule has 0 fully saturated rings. The zero-order chi connectivity index (χ0) is 15.5. The quantitative estimate of drug-likeness (QED) is 0.673. The Morgan fingerprint density at radius 1 is 1.14 bits per heavy atom. The minimum Gasteiger partial charge on any atom is -0.405 e. The fraction of sp³-hybridized carbons (Fsp3) is 0.214. The average Bonchev–Trinajstić information content (AvgIpc) is 2.40. The highest BCUT2D eigenvalue weighted by Gasteiger charge is 2.33. The summed E-state index contributed by atoms with van der Waals surface area (Å²) in [7, 11) is 0. The van der Waals surface area contributed by atoms with E-state index in [4.69, 9.17) is 5.84 Å². The molecule has 0 aliphatic carbocycles. The molecule has 1 unspecified atom stereocenters. The van der Waals surface area contributed by atoms with Gasteiger partial charge in [-0.1, -0.05) is 24.3 Å². The van der Waals surface area contributed by atoms with Crippen LogP contribution in [0.2, 0.25) is 0 Å². The van der Waals surface area contributed by atoms with E-state index in [-0.39, 0.29) is 11.3 Å². The first-order valence-corrected chi connectivity index (χ1v) is 6.15. The first-order chi connectivity index (χ1) is 9.90. The highest BCUT2D eigenvalue weighted by Crippen LogP contribution is 2.32. The minimum atomic E-state index is -4.77. The Labute approximate surface area is 119 Å². The number of hydrazine groups is 1. The van der Waals surface area contributed by atoms with Gasteiger partial charge >= 0.3 is 6.36 Å². The fourth-order valence-electron chi connectivity index (χ4n) is 2.00. The zero-order valence-corrected chi connectivity index (χ0v) is 11.2. The van der Waals surface area contributed by atoms with E-state index in [1.54, 1.807) is 31.2 Å². The van der Waals surface area contributed by atoms with Gasteiger partial charge in [-0.3, -0.25) is 10.8 Å². The van der Waals surface area contributed by atoms with Crippen LogP contribution in [0.4, 0.5) is 13.2 Å². The maximum Gasteiger partial charge on any atom is 0.573 e. The molecule has 0 spiro atoms. The van der Waals surface area contributed by atoms with Gasteiger partial charge in [-0.25, -0.2) is 5.43 Å². The topological polar surface area (TPSA) is 60.2 Å². The summed E-state index contributed by atoms with van der Waals surface area (Å²) in [5.41, 5.74) is 3.99. The highest BCUT2D eigenvalue weighted by atomic mass is 19.4. The largest absolute Gasteiger partial charge is 0.573 e. The first kappa shape index (κ1) is 15.3. The van der Waals surface area contributed by atoms with Crippen molar-refractivity contribution >= 4 is 0 Å². The molecule has 2 aromatic rings. The maximum atomic E-state index is 12.5. The molecule has 1 atom stereocenters. The molecule has 0 saturated carbocycles. The van der Waals surface area contributed by atoms with E-state index < -0.39 is 12.4 Å². The van der Waals surface area contributed by atoms with Crippen LogP contribution < -0.4 is 16.0 Å². The number of halogens is 3. The predicted octanol–water partition coefficient (Wildman–Crippen LogP) is 2.84. The standard InChI is InChI=1S/C14H14F3N3O/c1-9-5-4-7-11(19-9)13(20-18)10-6-2-3-8-12(10)21-14(15,16)17/h2-8,13,20H,18H2,1H3. The molecule has 0 radical (unpaired) electrons. The lowest BCUT2D eigenvalue weighted by Gasteiger charge is -2.20. The van der Waals surface area contributed by atoms with Crippen molar-refractivity contribution in [1.82, 2.24) is 10.4 Å². The second-order valence-electron chi connectivity index (χ2n) is 4.39. The van der Waals surface area contributed by atoms with Crippen molar-refractivity contribution in [3.8, 4) is 5.75 Å². The van der Waals surface area contributed by atoms with Crippen LogP contribution in [0, 0.1) is 6.92 Å². The number of benzene rings is 1. The van der Waals surface area contributed by atoms with Crippen LogP contribution >= 0.6 is 0 Å². The van der Waals surface area contributed by atoms with Gasteiger partial charge in [0.25, 0.3) is 0 Å². The van der Waals surface area contributed by atoms with Gasteiger partial charge in [0, 0.05) is 11.3 Å². The number of ether oxygens (including phenoxy) is 1. The number of alkyl halides is 3. The monoisotopic (exact) mass is 297 g/mol. The SMILES string of the molecule is Cc1cccc(C(NN)c2ccccc2OC(F)(F)F)n1. The molecule has 1 aromatic heterocycles. The van der Waals surface area contributed by atoms with Crippen LogP contribution in [0.1, 0.15) is 23.0 Å². The third kappa shape index (κ3) is 3.93. The summed E-state index contributed by atoms with van der Waals surface area (Å²) in [5.74, 6) is 5.18. The molecule has 0 aliphatic heterocycles. The summed E-state index contributed by atoms with van der Waals surface area (Å²) in [6, 6.07) is 10.3. The van der Waals surface area contributed by atoms with Crippen LogP contribution in [-0.2, 0) is 0 Å². The van der Waals surface area contributed by atoms with Crippen LogP contribution in [0.3, 0.4) is 0 Å². The van der Waals surface area contributed by atoms with E-state index in [1.165, 1.54) is 18.2 Å². The molecule has 0 aliphatic rings. The molecule has 2 rings (SSSR count). The Bertz CT molecular complexity index is 616. The third-order valence-electron chi connectivity index (χ3n) is 2.83. The smallest absolute Gasteiger partial charge is 0.405 e. The average molecular weight is 297 g/mol. The summed E-state index contributed by atoms with van der Waals surface area (Å²) >= 11 is 0. The molecule has 1 aromatic carbocycles. The van der Waals surface area contributed by atoms with E-state index in [1.807, 2.05) is 0 Å². The molecular weight excluding hydrogens is 283 g/mol. The van der Waals surface area contributed by atoms with Gasteiger partial charge in [0.2, 0.25) is 0 Å². The normalized spacial score (nSPS) is 13.0. The number of hydrogen-bond acceptors (Lipinski definition) is 4. The Hall–Kier alpha value is -2.12. The molecule has 21 heavy (non-hydrogen) atoms. The number of nitrogens with two attached hydrogens (primary N) is 1. The van der Waals surface area contributed by atoms with Crippen LogP contribution in [-0.4, -0.2) is 11.3 Å². The van der Waals surface area contributed by atoms with E-state index in [0.29, 0.717) is 5.69 Å². The van der Waals surface area contributed by atoms with Crippen molar-refractivity contribution in [2.45, 2.75) is 19.3 Å². The van der Waals surface area contributed by atoms with Crippen molar-refractivity contribution in [3.05, 3.63) is 59.4 Å². The van der Waals surface area contributed by atoms with E-state index in [9.17, 15) is 13.2 Å². The van der Waals surface area contributed by atoms with Crippen LogP contribution in [0.15, 0.2) is 42.5 Å². The Morgan fingerprint density at radius 3 is 2.48 bits per heavy atom. The Balaban J connectivity index is 2.43. The number of rotatable bonds is 4. The molecular formula is C14H14F3N3O. The Morgan fingerprint density at radius 2 is 1.86 bits per heavy atom. The number of nitrogens with zero attached hydrogens (tertiary/aromatic N) is 1. The molecule has 1 heterocycles. The van der Waals surface area contributed by atoms with Gasteiger partial charge in [0.15, 0.2) is 0 Å². The summed E-state index contributed by atoms with van der Waals surface area (Å²) < 4.78 is 41.4.